The van der Waals surface area contributed by atoms with Gasteiger partial charge in [0.2, 0.25) is 0 Å². The second-order valence-corrected chi connectivity index (χ2v) is 18.8. The van der Waals surface area contributed by atoms with E-state index in [1.165, 1.54) is 25.7 Å². The molecule has 32 heavy (non-hydrogen) atoms. The van der Waals surface area contributed by atoms with Crippen LogP contribution in [0.25, 0.3) is 0 Å². The average Bonchev–Trinajstić information content (AvgIpc) is 3.44. The topological polar surface area (TPSA) is 21.8 Å². The third-order valence-corrected chi connectivity index (χ3v) is 16.2. The van der Waals surface area contributed by atoms with Crippen molar-refractivity contribution in [3.8, 4) is 0 Å². The fourth-order valence-corrected chi connectivity index (χ4v) is 9.65. The molecule has 1 saturated heterocycles. The number of epoxide rings is 1. The molecule has 180 valence electrons. The van der Waals surface area contributed by atoms with Crippen LogP contribution in [0, 0.1) is 34.5 Å². The standard InChI is InChI=1S/C28H45ClO2Si/c1-17(16-29)20-11-12-21-19-10-9-18-15-23(31-32(7,8)26(2,3)4)24-25(30-24)28(18,6)22(19)13-14-27(20,21)5/h9-10,17,20-25H,11-16H2,1-8H3/t17-,20-,21+,22?,23-,24+,25+,27-,28+/m1/s1. The summed E-state index contributed by atoms with van der Waals surface area (Å²) in [6.07, 6.45) is 12.3. The maximum Gasteiger partial charge on any atom is 0.192 e. The SMILES string of the molecule is C[C@H](CCl)[C@H]1CC[C@H]2C3=CC=C4C[C@@H](O[Si](C)(C)C(C)(C)C)[C@@H]5O[C@@H]5[C@]4(C)C3CC[C@]12C. The summed E-state index contributed by atoms with van der Waals surface area (Å²) in [4.78, 5) is 0. The first-order chi connectivity index (χ1) is 14.8. The summed E-state index contributed by atoms with van der Waals surface area (Å²) >= 11 is 6.34. The van der Waals surface area contributed by atoms with Gasteiger partial charge in [-0.2, -0.15) is 0 Å². The zero-order valence-corrected chi connectivity index (χ0v) is 23.4. The summed E-state index contributed by atoms with van der Waals surface area (Å²) in [6, 6.07) is 0. The minimum atomic E-state index is -1.81. The first kappa shape index (κ1) is 23.6. The lowest BCUT2D eigenvalue weighted by molar-refractivity contribution is 0.0464. The van der Waals surface area contributed by atoms with Crippen LogP contribution in [0.3, 0.4) is 0 Å². The molecule has 4 fully saturated rings. The molecule has 1 aliphatic heterocycles. The highest BCUT2D eigenvalue weighted by molar-refractivity contribution is 6.74. The van der Waals surface area contributed by atoms with E-state index in [1.54, 1.807) is 11.1 Å². The van der Waals surface area contributed by atoms with Crippen LogP contribution >= 0.6 is 11.6 Å². The predicted octanol–water partition coefficient (Wildman–Crippen LogP) is 7.74. The Bertz CT molecular complexity index is 841. The van der Waals surface area contributed by atoms with Crippen LogP contribution in [0.15, 0.2) is 23.3 Å². The molecule has 0 N–H and O–H groups in total. The van der Waals surface area contributed by atoms with Crippen molar-refractivity contribution in [3.63, 3.8) is 0 Å². The molecule has 2 nitrogen and oxygen atoms in total. The zero-order valence-electron chi connectivity index (χ0n) is 21.6. The molecular weight excluding hydrogens is 432 g/mol. The fourth-order valence-electron chi connectivity index (χ4n) is 8.11. The van der Waals surface area contributed by atoms with Gasteiger partial charge in [0, 0.05) is 11.3 Å². The Morgan fingerprint density at radius 1 is 1.16 bits per heavy atom. The zero-order chi connectivity index (χ0) is 23.3. The maximum atomic E-state index is 6.91. The second-order valence-electron chi connectivity index (χ2n) is 13.7. The molecule has 0 aromatic rings. The first-order valence-corrected chi connectivity index (χ1v) is 16.6. The molecule has 0 radical (unpaired) electrons. The third kappa shape index (κ3) is 3.23. The molecule has 0 bridgehead atoms. The Kier molecular flexibility index (Phi) is 5.50. The molecule has 0 aromatic heterocycles. The molecule has 1 heterocycles. The molecule has 4 heteroatoms. The van der Waals surface area contributed by atoms with E-state index in [9.17, 15) is 0 Å². The lowest BCUT2D eigenvalue weighted by Crippen LogP contribution is -2.52. The van der Waals surface area contributed by atoms with E-state index >= 15 is 0 Å². The van der Waals surface area contributed by atoms with Gasteiger partial charge in [0.15, 0.2) is 8.32 Å². The fraction of sp³-hybridized carbons (Fsp3) is 0.857. The van der Waals surface area contributed by atoms with E-state index in [1.807, 2.05) is 0 Å². The van der Waals surface area contributed by atoms with Crippen molar-refractivity contribution in [1.82, 2.24) is 0 Å². The number of rotatable bonds is 4. The number of fused-ring (bicyclic) bond motifs is 7. The van der Waals surface area contributed by atoms with Crippen LogP contribution in [-0.2, 0) is 9.16 Å². The molecule has 5 rings (SSSR count). The Balaban J connectivity index is 1.42. The van der Waals surface area contributed by atoms with Gasteiger partial charge in [-0.05, 0) is 79.3 Å². The molecule has 4 aliphatic carbocycles. The van der Waals surface area contributed by atoms with Crippen molar-refractivity contribution < 1.29 is 9.16 Å². The second kappa shape index (κ2) is 7.45. The van der Waals surface area contributed by atoms with Gasteiger partial charge in [-0.3, -0.25) is 0 Å². The summed E-state index contributed by atoms with van der Waals surface area (Å²) in [5.74, 6) is 3.56. The van der Waals surface area contributed by atoms with Gasteiger partial charge in [-0.15, -0.1) is 11.6 Å². The largest absolute Gasteiger partial charge is 0.411 e. The smallest absolute Gasteiger partial charge is 0.192 e. The van der Waals surface area contributed by atoms with Gasteiger partial charge in [-0.25, -0.2) is 0 Å². The van der Waals surface area contributed by atoms with Crippen LogP contribution in [0.2, 0.25) is 18.1 Å². The third-order valence-electron chi connectivity index (χ3n) is 11.2. The number of hydrogen-bond acceptors (Lipinski definition) is 2. The highest BCUT2D eigenvalue weighted by atomic mass is 35.5. The molecule has 9 atom stereocenters. The van der Waals surface area contributed by atoms with Gasteiger partial charge in [0.05, 0.1) is 12.2 Å². The Morgan fingerprint density at radius 2 is 1.88 bits per heavy atom. The number of hydrogen-bond donors (Lipinski definition) is 0. The number of allylic oxidation sites excluding steroid dienone is 3. The number of alkyl halides is 1. The molecule has 1 unspecified atom stereocenters. The first-order valence-electron chi connectivity index (χ1n) is 13.1. The normalized spacial score (nSPS) is 46.3. The number of halogens is 1. The maximum absolute atomic E-state index is 6.91. The van der Waals surface area contributed by atoms with Crippen LogP contribution < -0.4 is 0 Å². The van der Waals surface area contributed by atoms with E-state index in [4.69, 9.17) is 20.8 Å². The minimum absolute atomic E-state index is 0.166. The highest BCUT2D eigenvalue weighted by Gasteiger charge is 2.67. The minimum Gasteiger partial charge on any atom is -0.411 e. The Labute approximate surface area is 202 Å². The van der Waals surface area contributed by atoms with E-state index in [0.717, 1.165) is 24.1 Å². The van der Waals surface area contributed by atoms with Gasteiger partial charge >= 0.3 is 0 Å². The lowest BCUT2D eigenvalue weighted by atomic mass is 9.50. The Morgan fingerprint density at radius 3 is 2.53 bits per heavy atom. The molecule has 0 aromatic carbocycles. The van der Waals surface area contributed by atoms with Crippen LogP contribution in [0.5, 0.6) is 0 Å². The summed E-state index contributed by atoms with van der Waals surface area (Å²) < 4.78 is 13.4. The molecular formula is C28H45ClO2Si. The van der Waals surface area contributed by atoms with Crippen molar-refractivity contribution in [3.05, 3.63) is 23.3 Å². The van der Waals surface area contributed by atoms with E-state index in [-0.39, 0.29) is 16.6 Å². The molecule has 5 aliphatic rings. The van der Waals surface area contributed by atoms with E-state index < -0.39 is 8.32 Å². The summed E-state index contributed by atoms with van der Waals surface area (Å²) in [7, 11) is -1.81. The summed E-state index contributed by atoms with van der Waals surface area (Å²) in [5, 5.41) is 0.235. The van der Waals surface area contributed by atoms with Crippen molar-refractivity contribution in [2.75, 3.05) is 5.88 Å². The summed E-state index contributed by atoms with van der Waals surface area (Å²) in [6.45, 7) is 19.3. The van der Waals surface area contributed by atoms with E-state index in [0.29, 0.717) is 29.5 Å². The molecule has 3 saturated carbocycles. The van der Waals surface area contributed by atoms with E-state index in [2.05, 4.69) is 66.8 Å². The average molecular weight is 477 g/mol. The monoisotopic (exact) mass is 476 g/mol. The highest BCUT2D eigenvalue weighted by Crippen LogP contribution is 2.68. The van der Waals surface area contributed by atoms with Crippen LogP contribution in [0.4, 0.5) is 0 Å². The van der Waals surface area contributed by atoms with Gasteiger partial charge in [0.1, 0.15) is 6.10 Å². The molecule has 0 amide bonds. The van der Waals surface area contributed by atoms with Crippen molar-refractivity contribution >= 4 is 19.9 Å². The van der Waals surface area contributed by atoms with Gasteiger partial charge in [0.25, 0.3) is 0 Å². The summed E-state index contributed by atoms with van der Waals surface area (Å²) in [5.41, 5.74) is 3.93. The number of ether oxygens (including phenoxy) is 1. The predicted molar refractivity (Wildman–Crippen MR) is 137 cm³/mol. The molecule has 0 spiro atoms. The van der Waals surface area contributed by atoms with Gasteiger partial charge in [-0.1, -0.05) is 64.8 Å². The van der Waals surface area contributed by atoms with Crippen LogP contribution in [-0.4, -0.2) is 32.5 Å². The van der Waals surface area contributed by atoms with Gasteiger partial charge < -0.3 is 9.16 Å². The van der Waals surface area contributed by atoms with Crippen LogP contribution in [0.1, 0.15) is 73.6 Å². The van der Waals surface area contributed by atoms with Crippen molar-refractivity contribution in [2.45, 2.75) is 110 Å². The lowest BCUT2D eigenvalue weighted by Gasteiger charge is -2.54. The van der Waals surface area contributed by atoms with Crippen molar-refractivity contribution in [2.24, 2.45) is 34.5 Å². The quantitative estimate of drug-likeness (QED) is 0.235. The Hall–Kier alpha value is -0.0931. The van der Waals surface area contributed by atoms with Crippen molar-refractivity contribution in [1.29, 1.82) is 0 Å².